The van der Waals surface area contributed by atoms with Gasteiger partial charge < -0.3 is 0 Å². The summed E-state index contributed by atoms with van der Waals surface area (Å²) < 4.78 is 26.9. The first-order valence-corrected chi connectivity index (χ1v) is 8.27. The molecule has 0 bridgehead atoms. The highest BCUT2D eigenvalue weighted by Gasteiger charge is 2.26. The SMILES string of the molecule is C=CC1=C[C@H](C)CN(S(=O)(=O)c2ccc(C)cc2)CC1. The third-order valence-corrected chi connectivity index (χ3v) is 5.44. The molecule has 20 heavy (non-hydrogen) atoms. The van der Waals surface area contributed by atoms with Crippen LogP contribution in [-0.2, 0) is 10.0 Å². The van der Waals surface area contributed by atoms with E-state index in [0.717, 1.165) is 17.6 Å². The monoisotopic (exact) mass is 291 g/mol. The predicted octanol–water partition coefficient (Wildman–Crippen LogP) is 3.14. The highest BCUT2D eigenvalue weighted by Crippen LogP contribution is 2.23. The molecule has 0 aromatic heterocycles. The third kappa shape index (κ3) is 3.19. The van der Waals surface area contributed by atoms with E-state index >= 15 is 0 Å². The first-order valence-electron chi connectivity index (χ1n) is 6.83. The lowest BCUT2D eigenvalue weighted by molar-refractivity contribution is 0.395. The normalized spacial score (nSPS) is 21.1. The molecule has 0 fully saturated rings. The van der Waals surface area contributed by atoms with Crippen molar-refractivity contribution in [1.82, 2.24) is 4.31 Å². The van der Waals surface area contributed by atoms with E-state index < -0.39 is 10.0 Å². The van der Waals surface area contributed by atoms with E-state index in [-0.39, 0.29) is 5.92 Å². The zero-order chi connectivity index (χ0) is 14.8. The molecule has 0 N–H and O–H groups in total. The molecule has 0 radical (unpaired) electrons. The molecule has 3 nitrogen and oxygen atoms in total. The van der Waals surface area contributed by atoms with Gasteiger partial charge in [-0.05, 0) is 31.4 Å². The molecule has 1 aromatic rings. The molecule has 108 valence electrons. The second kappa shape index (κ2) is 5.94. The van der Waals surface area contributed by atoms with Crippen LogP contribution in [0.2, 0.25) is 0 Å². The maximum atomic E-state index is 12.7. The molecule has 1 aliphatic rings. The molecule has 0 spiro atoms. The van der Waals surface area contributed by atoms with Gasteiger partial charge in [0.15, 0.2) is 0 Å². The minimum Gasteiger partial charge on any atom is -0.207 e. The van der Waals surface area contributed by atoms with Crippen molar-refractivity contribution in [1.29, 1.82) is 0 Å². The van der Waals surface area contributed by atoms with E-state index in [0.29, 0.717) is 18.0 Å². The van der Waals surface area contributed by atoms with Gasteiger partial charge in [0.1, 0.15) is 0 Å². The molecule has 0 unspecified atom stereocenters. The fourth-order valence-corrected chi connectivity index (χ4v) is 3.96. The van der Waals surface area contributed by atoms with Crippen molar-refractivity contribution in [3.63, 3.8) is 0 Å². The van der Waals surface area contributed by atoms with Gasteiger partial charge >= 0.3 is 0 Å². The summed E-state index contributed by atoms with van der Waals surface area (Å²) in [5.41, 5.74) is 2.18. The predicted molar refractivity (Wildman–Crippen MR) is 82.0 cm³/mol. The van der Waals surface area contributed by atoms with Crippen LogP contribution in [0.1, 0.15) is 18.9 Å². The van der Waals surface area contributed by atoms with Gasteiger partial charge in [0, 0.05) is 13.1 Å². The highest BCUT2D eigenvalue weighted by molar-refractivity contribution is 7.89. The molecule has 0 saturated heterocycles. The smallest absolute Gasteiger partial charge is 0.207 e. The second-order valence-electron chi connectivity index (χ2n) is 5.35. The number of nitrogens with zero attached hydrogens (tertiary/aromatic N) is 1. The Kier molecular flexibility index (Phi) is 4.45. The maximum absolute atomic E-state index is 12.7. The Morgan fingerprint density at radius 2 is 1.95 bits per heavy atom. The van der Waals surface area contributed by atoms with Crippen molar-refractivity contribution >= 4 is 10.0 Å². The molecule has 1 aliphatic heterocycles. The Balaban J connectivity index is 2.27. The van der Waals surface area contributed by atoms with Crippen molar-refractivity contribution < 1.29 is 8.42 Å². The fraction of sp³-hybridized carbons (Fsp3) is 0.375. The van der Waals surface area contributed by atoms with Crippen molar-refractivity contribution in [2.24, 2.45) is 5.92 Å². The van der Waals surface area contributed by atoms with Gasteiger partial charge in [0.2, 0.25) is 10.0 Å². The average Bonchev–Trinajstić information content (AvgIpc) is 2.61. The van der Waals surface area contributed by atoms with Crippen LogP contribution in [0.5, 0.6) is 0 Å². The zero-order valence-electron chi connectivity index (χ0n) is 12.0. The van der Waals surface area contributed by atoms with Gasteiger partial charge in [0.05, 0.1) is 4.90 Å². The van der Waals surface area contributed by atoms with Gasteiger partial charge in [-0.3, -0.25) is 0 Å². The lowest BCUT2D eigenvalue weighted by Gasteiger charge is -2.22. The van der Waals surface area contributed by atoms with Gasteiger partial charge in [-0.15, -0.1) is 0 Å². The topological polar surface area (TPSA) is 37.4 Å². The van der Waals surface area contributed by atoms with Crippen LogP contribution in [0.3, 0.4) is 0 Å². The number of hydrogen-bond acceptors (Lipinski definition) is 2. The zero-order valence-corrected chi connectivity index (χ0v) is 12.9. The van der Waals surface area contributed by atoms with Crippen LogP contribution in [0.25, 0.3) is 0 Å². The number of aryl methyl sites for hydroxylation is 1. The molecule has 1 atom stereocenters. The van der Waals surface area contributed by atoms with Crippen molar-refractivity contribution in [3.05, 3.63) is 54.1 Å². The van der Waals surface area contributed by atoms with E-state index in [1.807, 2.05) is 32.1 Å². The van der Waals surface area contributed by atoms with E-state index in [2.05, 4.69) is 12.7 Å². The largest absolute Gasteiger partial charge is 0.243 e. The van der Waals surface area contributed by atoms with E-state index in [1.165, 1.54) is 0 Å². The second-order valence-corrected chi connectivity index (χ2v) is 7.29. The van der Waals surface area contributed by atoms with Crippen molar-refractivity contribution in [2.45, 2.75) is 25.2 Å². The first kappa shape index (κ1) is 15.0. The Morgan fingerprint density at radius 1 is 1.30 bits per heavy atom. The third-order valence-electron chi connectivity index (χ3n) is 3.56. The summed E-state index contributed by atoms with van der Waals surface area (Å²) >= 11 is 0. The Morgan fingerprint density at radius 3 is 2.55 bits per heavy atom. The lowest BCUT2D eigenvalue weighted by Crippen LogP contribution is -2.34. The summed E-state index contributed by atoms with van der Waals surface area (Å²) in [6, 6.07) is 7.03. The fourth-order valence-electron chi connectivity index (χ4n) is 2.42. The van der Waals surface area contributed by atoms with Crippen LogP contribution in [0.4, 0.5) is 0 Å². The standard InChI is InChI=1S/C16H21NO2S/c1-4-15-9-10-17(12-14(3)11-15)20(18,19)16-7-5-13(2)6-8-16/h4-8,11,14H,1,9-10,12H2,2-3H3/t14-/m0/s1. The van der Waals surface area contributed by atoms with E-state index in [1.54, 1.807) is 16.4 Å². The lowest BCUT2D eigenvalue weighted by atomic mass is 10.1. The highest BCUT2D eigenvalue weighted by atomic mass is 32.2. The Bertz CT molecular complexity index is 614. The summed E-state index contributed by atoms with van der Waals surface area (Å²) in [5, 5.41) is 0. The summed E-state index contributed by atoms with van der Waals surface area (Å²) in [6.45, 7) is 8.80. The number of rotatable bonds is 3. The molecule has 0 amide bonds. The van der Waals surface area contributed by atoms with Gasteiger partial charge in [-0.1, -0.05) is 48.9 Å². The quantitative estimate of drug-likeness (QED) is 0.858. The minimum atomic E-state index is -3.40. The molecule has 0 saturated carbocycles. The van der Waals surface area contributed by atoms with Crippen molar-refractivity contribution in [2.75, 3.05) is 13.1 Å². The van der Waals surface area contributed by atoms with Crippen LogP contribution >= 0.6 is 0 Å². The molecule has 0 aliphatic carbocycles. The minimum absolute atomic E-state index is 0.200. The molecular formula is C16H21NO2S. The van der Waals surface area contributed by atoms with Gasteiger partial charge in [-0.25, -0.2) is 8.42 Å². The van der Waals surface area contributed by atoms with E-state index in [9.17, 15) is 8.42 Å². The summed E-state index contributed by atoms with van der Waals surface area (Å²) in [4.78, 5) is 0.373. The van der Waals surface area contributed by atoms with Gasteiger partial charge in [0.25, 0.3) is 0 Å². The average molecular weight is 291 g/mol. The molecule has 1 aromatic carbocycles. The maximum Gasteiger partial charge on any atom is 0.243 e. The number of sulfonamides is 1. The number of hydrogen-bond donors (Lipinski definition) is 0. The summed E-state index contributed by atoms with van der Waals surface area (Å²) in [5.74, 6) is 0.200. The molecule has 4 heteroatoms. The van der Waals surface area contributed by atoms with Crippen LogP contribution < -0.4 is 0 Å². The Hall–Kier alpha value is -1.39. The number of allylic oxidation sites excluding steroid dienone is 1. The van der Waals surface area contributed by atoms with E-state index in [4.69, 9.17) is 0 Å². The summed E-state index contributed by atoms with van der Waals surface area (Å²) in [6.07, 6.45) is 4.65. The van der Waals surface area contributed by atoms with Crippen LogP contribution in [-0.4, -0.2) is 25.8 Å². The number of benzene rings is 1. The Labute approximate surface area is 121 Å². The first-order chi connectivity index (χ1) is 9.43. The molecule has 1 heterocycles. The van der Waals surface area contributed by atoms with Crippen LogP contribution in [0, 0.1) is 12.8 Å². The van der Waals surface area contributed by atoms with Crippen LogP contribution in [0.15, 0.2) is 53.5 Å². The molecular weight excluding hydrogens is 270 g/mol. The molecule has 2 rings (SSSR count). The summed E-state index contributed by atoms with van der Waals surface area (Å²) in [7, 11) is -3.40. The van der Waals surface area contributed by atoms with Crippen molar-refractivity contribution in [3.8, 4) is 0 Å². The van der Waals surface area contributed by atoms with Gasteiger partial charge in [-0.2, -0.15) is 4.31 Å².